The van der Waals surface area contributed by atoms with E-state index in [0.717, 1.165) is 5.56 Å². The minimum Gasteiger partial charge on any atom is -0.398 e. The van der Waals surface area contributed by atoms with Crippen LogP contribution in [-0.2, 0) is 0 Å². The van der Waals surface area contributed by atoms with Crippen LogP contribution in [0.25, 0.3) is 0 Å². The predicted molar refractivity (Wildman–Crippen MR) is 58.1 cm³/mol. The lowest BCUT2D eigenvalue weighted by atomic mass is 10.0. The fourth-order valence-corrected chi connectivity index (χ4v) is 1.51. The average molecular weight is 243 g/mol. The largest absolute Gasteiger partial charge is 0.398 e. The van der Waals surface area contributed by atoms with Gasteiger partial charge in [0, 0.05) is 11.4 Å². The first-order valence-electron chi connectivity index (χ1n) is 3.81. The van der Waals surface area contributed by atoms with Gasteiger partial charge in [0.05, 0.1) is 10.9 Å². The third-order valence-corrected chi connectivity index (χ3v) is 2.25. The standard InChI is InChI=1S/C9H11BrN2O/c1-5-2-6(11)9(7(12)3-5)8(13)4-10/h2-3H,4,11-12H2,1H3. The number of aryl methyl sites for hydroxylation is 1. The van der Waals surface area contributed by atoms with Gasteiger partial charge in [-0.2, -0.15) is 0 Å². The average Bonchev–Trinajstić information content (AvgIpc) is 2.02. The van der Waals surface area contributed by atoms with Crippen LogP contribution in [-0.4, -0.2) is 11.1 Å². The Bertz CT molecular complexity index is 326. The van der Waals surface area contributed by atoms with Gasteiger partial charge in [-0.25, -0.2) is 0 Å². The zero-order valence-electron chi connectivity index (χ0n) is 7.30. The normalized spacial score (nSPS) is 10.0. The lowest BCUT2D eigenvalue weighted by Gasteiger charge is -2.07. The minimum atomic E-state index is -0.0880. The molecule has 1 aromatic carbocycles. The molecule has 0 aliphatic heterocycles. The maximum absolute atomic E-state index is 11.4. The number of Topliss-reactive ketones (excluding diaryl/α,β-unsaturated/α-hetero) is 1. The SMILES string of the molecule is Cc1cc(N)c(C(=O)CBr)c(N)c1. The Labute approximate surface area is 85.2 Å². The number of alkyl halides is 1. The van der Waals surface area contributed by atoms with Crippen molar-refractivity contribution in [2.75, 3.05) is 16.8 Å². The lowest BCUT2D eigenvalue weighted by Crippen LogP contribution is -2.09. The Balaban J connectivity index is 3.28. The van der Waals surface area contributed by atoms with E-state index in [2.05, 4.69) is 15.9 Å². The Morgan fingerprint density at radius 3 is 2.23 bits per heavy atom. The molecule has 0 aliphatic rings. The highest BCUT2D eigenvalue weighted by Crippen LogP contribution is 2.22. The molecule has 1 aromatic rings. The number of rotatable bonds is 2. The molecular weight excluding hydrogens is 232 g/mol. The maximum Gasteiger partial charge on any atom is 0.177 e. The predicted octanol–water partition coefficient (Wildman–Crippen LogP) is 1.74. The van der Waals surface area contributed by atoms with E-state index < -0.39 is 0 Å². The fourth-order valence-electron chi connectivity index (χ4n) is 1.23. The van der Waals surface area contributed by atoms with Gasteiger partial charge in [0.25, 0.3) is 0 Å². The molecule has 3 nitrogen and oxygen atoms in total. The fraction of sp³-hybridized carbons (Fsp3) is 0.222. The monoisotopic (exact) mass is 242 g/mol. The Morgan fingerprint density at radius 2 is 1.85 bits per heavy atom. The number of nitrogens with two attached hydrogens (primary N) is 2. The van der Waals surface area contributed by atoms with Gasteiger partial charge in [0.2, 0.25) is 0 Å². The summed E-state index contributed by atoms with van der Waals surface area (Å²) in [4.78, 5) is 11.4. The second-order valence-electron chi connectivity index (χ2n) is 2.88. The highest BCUT2D eigenvalue weighted by Gasteiger charge is 2.12. The van der Waals surface area contributed by atoms with Gasteiger partial charge in [-0.3, -0.25) is 4.79 Å². The number of hydrogen-bond acceptors (Lipinski definition) is 3. The Morgan fingerprint density at radius 1 is 1.38 bits per heavy atom. The third kappa shape index (κ3) is 2.01. The van der Waals surface area contributed by atoms with Gasteiger partial charge >= 0.3 is 0 Å². The van der Waals surface area contributed by atoms with Crippen LogP contribution in [0.15, 0.2) is 12.1 Å². The molecule has 0 unspecified atom stereocenters. The first kappa shape index (κ1) is 10.1. The van der Waals surface area contributed by atoms with Crippen LogP contribution in [0.5, 0.6) is 0 Å². The summed E-state index contributed by atoms with van der Waals surface area (Å²) < 4.78 is 0. The Hall–Kier alpha value is -1.03. The summed E-state index contributed by atoms with van der Waals surface area (Å²) in [5.41, 5.74) is 13.6. The molecule has 1 rings (SSSR count). The molecular formula is C9H11BrN2O. The van der Waals surface area contributed by atoms with Crippen LogP contribution in [0.2, 0.25) is 0 Å². The molecule has 0 atom stereocenters. The van der Waals surface area contributed by atoms with Crippen LogP contribution in [0.1, 0.15) is 15.9 Å². The molecule has 0 radical (unpaired) electrons. The zero-order valence-corrected chi connectivity index (χ0v) is 8.89. The van der Waals surface area contributed by atoms with E-state index in [1.807, 2.05) is 6.92 Å². The van der Waals surface area contributed by atoms with Crippen molar-refractivity contribution < 1.29 is 4.79 Å². The van der Waals surface area contributed by atoms with Gasteiger partial charge in [0.1, 0.15) is 0 Å². The summed E-state index contributed by atoms with van der Waals surface area (Å²) in [6.07, 6.45) is 0. The molecule has 0 aliphatic carbocycles. The minimum absolute atomic E-state index is 0.0880. The number of ketones is 1. The van der Waals surface area contributed by atoms with Crippen LogP contribution < -0.4 is 11.5 Å². The van der Waals surface area contributed by atoms with Crippen molar-refractivity contribution in [2.24, 2.45) is 0 Å². The number of carbonyl (C=O) groups is 1. The van der Waals surface area contributed by atoms with E-state index in [0.29, 0.717) is 16.9 Å². The topological polar surface area (TPSA) is 69.1 Å². The van der Waals surface area contributed by atoms with Gasteiger partial charge in [-0.15, -0.1) is 0 Å². The van der Waals surface area contributed by atoms with Gasteiger partial charge in [-0.05, 0) is 24.6 Å². The van der Waals surface area contributed by atoms with Crippen LogP contribution >= 0.6 is 15.9 Å². The van der Waals surface area contributed by atoms with Crippen molar-refractivity contribution in [3.05, 3.63) is 23.3 Å². The van der Waals surface area contributed by atoms with E-state index >= 15 is 0 Å². The number of hydrogen-bond donors (Lipinski definition) is 2. The second kappa shape index (κ2) is 3.79. The van der Waals surface area contributed by atoms with Crippen molar-refractivity contribution in [3.63, 3.8) is 0 Å². The molecule has 0 heterocycles. The van der Waals surface area contributed by atoms with E-state index in [1.54, 1.807) is 12.1 Å². The number of halogens is 1. The molecule has 0 fully saturated rings. The highest BCUT2D eigenvalue weighted by atomic mass is 79.9. The number of carbonyl (C=O) groups excluding carboxylic acids is 1. The summed E-state index contributed by atoms with van der Waals surface area (Å²) >= 11 is 3.08. The van der Waals surface area contributed by atoms with Crippen LogP contribution in [0, 0.1) is 6.92 Å². The third-order valence-electron chi connectivity index (χ3n) is 1.74. The first-order valence-corrected chi connectivity index (χ1v) is 4.93. The molecule has 4 N–H and O–H groups in total. The summed E-state index contributed by atoms with van der Waals surface area (Å²) in [5, 5.41) is 0.241. The smallest absolute Gasteiger partial charge is 0.177 e. The number of nitrogen functional groups attached to an aromatic ring is 2. The molecule has 0 spiro atoms. The summed E-state index contributed by atoms with van der Waals surface area (Å²) in [5.74, 6) is -0.0880. The number of benzene rings is 1. The van der Waals surface area contributed by atoms with Gasteiger partial charge in [-0.1, -0.05) is 15.9 Å². The van der Waals surface area contributed by atoms with Crippen molar-refractivity contribution in [1.82, 2.24) is 0 Å². The second-order valence-corrected chi connectivity index (χ2v) is 3.44. The quantitative estimate of drug-likeness (QED) is 0.472. The lowest BCUT2D eigenvalue weighted by molar-refractivity contribution is 0.102. The molecule has 0 bridgehead atoms. The van der Waals surface area contributed by atoms with Gasteiger partial charge in [0.15, 0.2) is 5.78 Å². The van der Waals surface area contributed by atoms with Crippen molar-refractivity contribution in [2.45, 2.75) is 6.92 Å². The van der Waals surface area contributed by atoms with Crippen molar-refractivity contribution in [3.8, 4) is 0 Å². The zero-order chi connectivity index (χ0) is 10.0. The van der Waals surface area contributed by atoms with Gasteiger partial charge < -0.3 is 11.5 Å². The molecule has 70 valence electrons. The van der Waals surface area contributed by atoms with Crippen LogP contribution in [0.3, 0.4) is 0 Å². The Kier molecular flexibility index (Phi) is 2.93. The maximum atomic E-state index is 11.4. The summed E-state index contributed by atoms with van der Waals surface area (Å²) in [7, 11) is 0. The van der Waals surface area contributed by atoms with E-state index in [1.165, 1.54) is 0 Å². The molecule has 0 amide bonds. The van der Waals surface area contributed by atoms with E-state index in [9.17, 15) is 4.79 Å². The highest BCUT2D eigenvalue weighted by molar-refractivity contribution is 9.09. The summed E-state index contributed by atoms with van der Waals surface area (Å²) in [6, 6.07) is 3.48. The molecule has 4 heteroatoms. The molecule has 0 saturated carbocycles. The van der Waals surface area contributed by atoms with E-state index in [-0.39, 0.29) is 11.1 Å². The van der Waals surface area contributed by atoms with Crippen molar-refractivity contribution in [1.29, 1.82) is 0 Å². The molecule has 0 aromatic heterocycles. The summed E-state index contributed by atoms with van der Waals surface area (Å²) in [6.45, 7) is 1.88. The van der Waals surface area contributed by atoms with Crippen LogP contribution in [0.4, 0.5) is 11.4 Å². The number of anilines is 2. The molecule has 0 saturated heterocycles. The molecule has 13 heavy (non-hydrogen) atoms. The first-order chi connectivity index (χ1) is 6.06. The van der Waals surface area contributed by atoms with Crippen molar-refractivity contribution >= 4 is 33.1 Å². The van der Waals surface area contributed by atoms with E-state index in [4.69, 9.17) is 11.5 Å².